The monoisotopic (exact) mass is 1270 g/mol. The van der Waals surface area contributed by atoms with Crippen LogP contribution in [0.5, 0.6) is 0 Å². The van der Waals surface area contributed by atoms with Crippen molar-refractivity contribution in [2.75, 3.05) is 91.8 Å². The summed E-state index contributed by atoms with van der Waals surface area (Å²) in [5, 5.41) is 93.1. The van der Waals surface area contributed by atoms with Gasteiger partial charge in [0.05, 0.1) is 61.7 Å². The first-order chi connectivity index (χ1) is 40.3. The molecule has 1 aromatic heterocycles. The molecule has 3 rings (SSSR count). The zero-order valence-electron chi connectivity index (χ0n) is 47.6. The number of hydrogen-bond donors (Lipinski definition) is 10. The van der Waals surface area contributed by atoms with E-state index in [4.69, 9.17) is 0 Å². The Morgan fingerprint density at radius 2 is 1.10 bits per heavy atom. The molecule has 7 atom stereocenters. The first-order valence-corrected chi connectivity index (χ1v) is 27.4. The molecule has 1 fully saturated rings. The normalized spacial score (nSPS) is 16.3. The van der Waals surface area contributed by atoms with Crippen molar-refractivity contribution in [2.45, 2.75) is 95.3 Å². The van der Waals surface area contributed by atoms with Crippen molar-refractivity contribution in [3.63, 3.8) is 0 Å². The Bertz CT molecular complexity index is 2570. The van der Waals surface area contributed by atoms with Gasteiger partial charge >= 0.3 is 37.7 Å². The third kappa shape index (κ3) is 28.6. The van der Waals surface area contributed by atoms with Crippen LogP contribution in [-0.2, 0) is 75.2 Å². The quantitative estimate of drug-likeness (QED) is 0.0220. The van der Waals surface area contributed by atoms with Crippen LogP contribution in [0.1, 0.15) is 69.5 Å². The number of carbonyl (C=O) groups is 13. The van der Waals surface area contributed by atoms with Crippen LogP contribution in [0.15, 0.2) is 42.9 Å². The summed E-state index contributed by atoms with van der Waals surface area (Å²) < 4.78 is 0. The number of ketones is 3. The second-order valence-electron chi connectivity index (χ2n) is 20.6. The van der Waals surface area contributed by atoms with Crippen LogP contribution in [0.25, 0.3) is 0 Å². The predicted molar refractivity (Wildman–Crippen MR) is 292 cm³/mol. The predicted octanol–water partition coefficient (Wildman–Crippen LogP) is -7.84. The molecule has 0 aliphatic carbocycles. The third-order valence-electron chi connectivity index (χ3n) is 14.0. The number of carbonyl (C=O) groups excluding carboxylic acids is 10. The number of aromatic nitrogens is 2. The molecule has 0 bridgehead atoms. The van der Waals surface area contributed by atoms with Crippen molar-refractivity contribution < 1.29 is 103 Å². The fraction of sp³-hybridized carbons (Fsp3) is 0.593. The van der Waals surface area contributed by atoms with Crippen molar-refractivity contribution >= 4 is 96.6 Å². The average molecular weight is 1270 g/mol. The zero-order valence-corrected chi connectivity index (χ0v) is 50.1. The van der Waals surface area contributed by atoms with Crippen LogP contribution in [-0.4, -0.2) is 268 Å². The van der Waals surface area contributed by atoms with Crippen LogP contribution < -0.4 is 36.6 Å². The largest absolute Gasteiger partial charge is 3.00 e. The van der Waals surface area contributed by atoms with Gasteiger partial charge in [-0.1, -0.05) is 30.3 Å². The average Bonchev–Trinajstić information content (AvgIpc) is 3.69. The molecular weight excluding hydrogens is 1190 g/mol. The summed E-state index contributed by atoms with van der Waals surface area (Å²) in [5.41, 5.74) is 0.949. The molecule has 0 spiro atoms. The van der Waals surface area contributed by atoms with E-state index >= 15 is 0 Å². The number of aliphatic carboxylic acids is 6. The number of rotatable bonds is 38. The number of benzene rings is 1. The molecule has 2 aromatic rings. The fourth-order valence-electron chi connectivity index (χ4n) is 9.35. The summed E-state index contributed by atoms with van der Waals surface area (Å²) in [6, 6.07) is 2.34. The molecule has 1 unspecified atom stereocenters. The molecule has 1 saturated heterocycles. The van der Waals surface area contributed by atoms with Gasteiger partial charge in [0.25, 0.3) is 0 Å². The van der Waals surface area contributed by atoms with Gasteiger partial charge in [0.15, 0.2) is 11.6 Å². The Balaban J connectivity index is 0.0000252. The van der Waals surface area contributed by atoms with Crippen LogP contribution >= 0.6 is 0 Å². The van der Waals surface area contributed by atoms with E-state index in [0.29, 0.717) is 11.3 Å². The van der Waals surface area contributed by atoms with Crippen LogP contribution in [0.4, 0.5) is 0 Å². The van der Waals surface area contributed by atoms with Gasteiger partial charge in [-0.3, -0.25) is 62.8 Å². The van der Waals surface area contributed by atoms with Gasteiger partial charge in [-0.05, 0) is 31.7 Å². The molecule has 10 N–H and O–H groups in total. The molecule has 32 heteroatoms. The zero-order chi connectivity index (χ0) is 63.2. The number of carboxylic acids is 6. The molecular formula is C54H75GaN10O21. The Hall–Kier alpha value is -7.46. The SMILES string of the molecule is C[C@H](NC(=O)[C@H](CC(=O)O)CC(=O)CCCNC(=O)CCC(C(=O)O)N1CCN(CC(=O)[O-])CCN(CC(=O)[O-])CCN(CC(=O)[O-])CC1)C(=O)C[C@@H](Cc1cnc[nH]1)C(=O)N[C@@H](CO)C(=O)C[C@@H](Cc1ccccc1)C(=O)N[C@@H](CO)C(=O)O.[Ga+3]. The number of hydrogen-bond acceptors (Lipinski definition) is 23. The Labute approximate surface area is 507 Å². The van der Waals surface area contributed by atoms with Crippen molar-refractivity contribution in [1.29, 1.82) is 0 Å². The van der Waals surface area contributed by atoms with E-state index in [1.54, 1.807) is 30.3 Å². The number of imidazole rings is 1. The van der Waals surface area contributed by atoms with Crippen molar-refractivity contribution in [3.05, 3.63) is 54.1 Å². The fourth-order valence-corrected chi connectivity index (χ4v) is 9.35. The number of nitrogens with one attached hydrogen (secondary N) is 5. The first-order valence-electron chi connectivity index (χ1n) is 27.4. The molecule has 1 aromatic carbocycles. The maximum atomic E-state index is 13.9. The summed E-state index contributed by atoms with van der Waals surface area (Å²) in [7, 11) is 0. The number of amides is 4. The van der Waals surface area contributed by atoms with E-state index in [2.05, 4.69) is 31.2 Å². The number of aliphatic hydroxyl groups is 2. The number of H-pyrrole nitrogens is 1. The summed E-state index contributed by atoms with van der Waals surface area (Å²) in [6.45, 7) is -2.47. The molecule has 470 valence electrons. The van der Waals surface area contributed by atoms with Gasteiger partial charge in [0.1, 0.15) is 23.9 Å². The van der Waals surface area contributed by atoms with Gasteiger partial charge in [0.2, 0.25) is 23.6 Å². The minimum Gasteiger partial charge on any atom is -0.549 e. The minimum atomic E-state index is -1.69. The van der Waals surface area contributed by atoms with E-state index in [9.17, 15) is 103 Å². The summed E-state index contributed by atoms with van der Waals surface area (Å²) in [6.07, 6.45) is -1.08. The number of nitrogens with zero attached hydrogens (tertiary/aromatic N) is 5. The maximum Gasteiger partial charge on any atom is 3.00 e. The van der Waals surface area contributed by atoms with Crippen molar-refractivity contribution in [2.24, 2.45) is 17.8 Å². The van der Waals surface area contributed by atoms with E-state index in [1.165, 1.54) is 39.0 Å². The van der Waals surface area contributed by atoms with Gasteiger partial charge in [-0.15, -0.1) is 0 Å². The van der Waals surface area contributed by atoms with E-state index in [-0.39, 0.29) is 117 Å². The molecule has 31 nitrogen and oxygen atoms in total. The molecule has 1 aliphatic heterocycles. The van der Waals surface area contributed by atoms with E-state index in [1.807, 2.05) is 0 Å². The van der Waals surface area contributed by atoms with Crippen molar-refractivity contribution in [1.82, 2.24) is 50.8 Å². The van der Waals surface area contributed by atoms with Gasteiger partial charge in [-0.2, -0.15) is 0 Å². The second kappa shape index (κ2) is 39.3. The Morgan fingerprint density at radius 1 is 0.605 bits per heavy atom. The number of aliphatic hydroxyl groups excluding tert-OH is 2. The van der Waals surface area contributed by atoms with Crippen LogP contribution in [0, 0.1) is 17.8 Å². The first kappa shape index (κ1) is 74.6. The summed E-state index contributed by atoms with van der Waals surface area (Å²) in [5.74, 6) is -18.2. The molecule has 2 heterocycles. The molecule has 4 amide bonds. The molecule has 0 saturated carbocycles. The third-order valence-corrected chi connectivity index (χ3v) is 14.0. The number of Topliss-reactive ketones (excluding diaryl/α,β-unsaturated/α-hetero) is 3. The van der Waals surface area contributed by atoms with E-state index < -0.39 is 177 Å². The molecule has 1 aliphatic rings. The van der Waals surface area contributed by atoms with E-state index in [0.717, 1.165) is 0 Å². The van der Waals surface area contributed by atoms with Crippen LogP contribution in [0.3, 0.4) is 0 Å². The molecule has 0 radical (unpaired) electrons. The summed E-state index contributed by atoms with van der Waals surface area (Å²) in [4.78, 5) is 177. The van der Waals surface area contributed by atoms with Gasteiger partial charge in [-0.25, -0.2) is 9.78 Å². The summed E-state index contributed by atoms with van der Waals surface area (Å²) >= 11 is 0. The Morgan fingerprint density at radius 3 is 1.58 bits per heavy atom. The molecule has 86 heavy (non-hydrogen) atoms. The number of carboxylic acid groups (broad SMARTS) is 6. The smallest absolute Gasteiger partial charge is 0.549 e. The second-order valence-corrected chi connectivity index (χ2v) is 20.6. The topological polar surface area (TPSA) is 482 Å². The van der Waals surface area contributed by atoms with Crippen LogP contribution in [0.2, 0.25) is 0 Å². The standard InChI is InChI=1S/C54H78N10O21.Ga/c1-33(43(68)23-36(21-38-26-55-32-57-38)52(81)59-40(30-65)44(69)24-35(20-34-6-3-2-4-7-34)51(80)60-41(31-66)53(82)83)58-50(79)37(25-46(71)72)22-39(67)8-5-11-56-45(70)10-9-42(54(84)85)64-18-16-62(28-48(75)76)14-12-61(27-47(73)74)13-15-63(17-19-64)29-49(77)78;/h2-4,6-7,26,32-33,35-37,40-42,65-66H,5,8-25,27-31H2,1H3,(H,55,57)(H,56,70)(H,58,79)(H,59,81)(H,60,80)(H,71,72)(H,73,74)(H,75,76)(H,77,78)(H,82,83)(H,84,85);/q;+3/p-3/t33-,35+,36+,37-,40-,41-,42?;/m0./s1. The number of aromatic amines is 1. The van der Waals surface area contributed by atoms with Gasteiger partial charge < -0.3 is 81.5 Å². The Kier molecular flexibility index (Phi) is 34.1. The van der Waals surface area contributed by atoms with Crippen molar-refractivity contribution in [3.8, 4) is 0 Å². The van der Waals surface area contributed by atoms with Gasteiger partial charge in [0, 0.05) is 135 Å². The maximum absolute atomic E-state index is 13.9. The minimum absolute atomic E-state index is 0.